The third-order valence-electron chi connectivity index (χ3n) is 3.52. The molecule has 0 bridgehead atoms. The summed E-state index contributed by atoms with van der Waals surface area (Å²) < 4.78 is 4.28. The Labute approximate surface area is 118 Å². The molecule has 3 aromatic rings. The van der Waals surface area contributed by atoms with Crippen LogP contribution in [-0.4, -0.2) is 18.9 Å². The molecule has 0 fully saturated rings. The van der Waals surface area contributed by atoms with Crippen LogP contribution < -0.4 is 0 Å². The zero-order valence-corrected chi connectivity index (χ0v) is 12.4. The molecule has 0 aromatic carbocycles. The first-order valence-electron chi connectivity index (χ1n) is 5.63. The van der Waals surface area contributed by atoms with Gasteiger partial charge in [-0.1, -0.05) is 12.3 Å². The first kappa shape index (κ1) is 11.6. The Kier molecular flexibility index (Phi) is 2.28. The maximum atomic E-state index is 4.67. The van der Waals surface area contributed by atoms with Crippen molar-refractivity contribution in [3.63, 3.8) is 0 Å². The van der Waals surface area contributed by atoms with Crippen LogP contribution in [0.25, 0.3) is 17.0 Å². The third kappa shape index (κ3) is 1.18. The quantitative estimate of drug-likeness (QED) is 0.527. The van der Waals surface area contributed by atoms with Crippen molar-refractivity contribution in [1.82, 2.24) is 18.9 Å². The van der Waals surface area contributed by atoms with Crippen LogP contribution in [0.15, 0.2) is 30.7 Å². The minimum absolute atomic E-state index is 0. The first-order valence-corrected chi connectivity index (χ1v) is 5.63. The van der Waals surface area contributed by atoms with Crippen molar-refractivity contribution in [2.75, 3.05) is 0 Å². The summed E-state index contributed by atoms with van der Waals surface area (Å²) in [5, 5.41) is 0. The molecule has 93 valence electrons. The van der Waals surface area contributed by atoms with E-state index in [1.165, 1.54) is 5.69 Å². The second-order valence-corrected chi connectivity index (χ2v) is 4.87. The Morgan fingerprint density at radius 1 is 1.28 bits per heavy atom. The zero-order valence-electron chi connectivity index (χ0n) is 10.0. The van der Waals surface area contributed by atoms with Crippen LogP contribution in [0, 0.1) is 6.20 Å². The minimum Gasteiger partial charge on any atom is -0.393 e. The molecule has 3 aromatic heterocycles. The Hall–Kier alpha value is -1.45. The average Bonchev–Trinajstić information content (AvgIpc) is 2.96. The number of nitrogens with zero attached hydrogens (tertiary/aromatic N) is 4. The number of pyridine rings is 1. The summed E-state index contributed by atoms with van der Waals surface area (Å²) >= 11 is 0. The fourth-order valence-corrected chi connectivity index (χ4v) is 2.71. The van der Waals surface area contributed by atoms with Crippen LogP contribution >= 0.6 is 0 Å². The van der Waals surface area contributed by atoms with E-state index < -0.39 is 0 Å². The molecule has 0 amide bonds. The summed E-state index contributed by atoms with van der Waals surface area (Å²) in [6, 6.07) is 6.06. The van der Waals surface area contributed by atoms with E-state index in [0.29, 0.717) is 0 Å². The molecule has 5 heteroatoms. The molecule has 0 unspecified atom stereocenters. The van der Waals surface area contributed by atoms with E-state index in [1.807, 2.05) is 24.5 Å². The average molecular weight is 415 g/mol. The number of rotatable bonds is 0. The Bertz CT molecular complexity index is 738. The molecule has 18 heavy (non-hydrogen) atoms. The summed E-state index contributed by atoms with van der Waals surface area (Å²) in [7, 11) is 0. The van der Waals surface area contributed by atoms with E-state index in [0.717, 1.165) is 17.0 Å². The van der Waals surface area contributed by atoms with Crippen molar-refractivity contribution in [3.8, 4) is 11.4 Å². The van der Waals surface area contributed by atoms with Crippen molar-refractivity contribution >= 4 is 5.65 Å². The van der Waals surface area contributed by atoms with E-state index in [2.05, 4.69) is 45.2 Å². The number of imidazole rings is 2. The molecular weight excluding hydrogens is 404 g/mol. The predicted octanol–water partition coefficient (Wildman–Crippen LogP) is 2.09. The molecule has 4 rings (SSSR count). The van der Waals surface area contributed by atoms with Crippen molar-refractivity contribution < 1.29 is 20.1 Å². The van der Waals surface area contributed by atoms with E-state index in [-0.39, 0.29) is 25.6 Å². The summed E-state index contributed by atoms with van der Waals surface area (Å²) in [6.45, 7) is 4.36. The summed E-state index contributed by atoms with van der Waals surface area (Å²) in [5.41, 5.74) is 4.04. The zero-order chi connectivity index (χ0) is 11.6. The van der Waals surface area contributed by atoms with Crippen LogP contribution in [0.2, 0.25) is 0 Å². The van der Waals surface area contributed by atoms with Gasteiger partial charge in [-0.15, -0.1) is 0 Å². The van der Waals surface area contributed by atoms with Crippen LogP contribution in [0.4, 0.5) is 0 Å². The van der Waals surface area contributed by atoms with Gasteiger partial charge < -0.3 is 14.0 Å². The molecule has 0 spiro atoms. The van der Waals surface area contributed by atoms with Crippen LogP contribution in [0.5, 0.6) is 0 Å². The van der Waals surface area contributed by atoms with Gasteiger partial charge in [-0.2, -0.15) is 0 Å². The van der Waals surface area contributed by atoms with Gasteiger partial charge >= 0.3 is 0 Å². The standard InChI is InChI=1S/C13H11N4.Ir/c1-13(2)12-11(9-7-14-8-17(9)13)15-10-5-3-4-6-16(10)12;/h3-6,8H,1-2H3;/q-1;. The second kappa shape index (κ2) is 3.53. The fourth-order valence-electron chi connectivity index (χ4n) is 2.71. The summed E-state index contributed by atoms with van der Waals surface area (Å²) in [5.74, 6) is 0. The molecular formula is C13H11IrN4-. The fraction of sp³-hybridized carbons (Fsp3) is 0.231. The number of aromatic nitrogens is 4. The minimum atomic E-state index is -0.127. The molecule has 4 nitrogen and oxygen atoms in total. The van der Waals surface area contributed by atoms with Gasteiger partial charge in [0.2, 0.25) is 0 Å². The van der Waals surface area contributed by atoms with Crippen molar-refractivity contribution in [2.45, 2.75) is 19.4 Å². The van der Waals surface area contributed by atoms with Crippen molar-refractivity contribution in [3.05, 3.63) is 42.6 Å². The van der Waals surface area contributed by atoms with Gasteiger partial charge in [0.05, 0.1) is 5.54 Å². The second-order valence-electron chi connectivity index (χ2n) is 4.87. The molecule has 0 saturated heterocycles. The third-order valence-corrected chi connectivity index (χ3v) is 3.52. The Morgan fingerprint density at radius 2 is 2.11 bits per heavy atom. The van der Waals surface area contributed by atoms with E-state index in [9.17, 15) is 0 Å². The Balaban J connectivity index is 0.000001000. The molecule has 0 saturated carbocycles. The van der Waals surface area contributed by atoms with E-state index in [1.54, 1.807) is 0 Å². The van der Waals surface area contributed by atoms with Crippen molar-refractivity contribution in [1.29, 1.82) is 0 Å². The summed E-state index contributed by atoms with van der Waals surface area (Å²) in [6.07, 6.45) is 6.91. The molecule has 0 N–H and O–H groups in total. The van der Waals surface area contributed by atoms with Gasteiger partial charge in [0.25, 0.3) is 0 Å². The SMILES string of the molecule is CC1(C)c2c(nc3ccccn23)-c2[c-]ncn21.[Ir]. The topological polar surface area (TPSA) is 35.1 Å². The summed E-state index contributed by atoms with van der Waals surface area (Å²) in [4.78, 5) is 8.77. The van der Waals surface area contributed by atoms with E-state index >= 15 is 0 Å². The molecule has 1 aliphatic heterocycles. The van der Waals surface area contributed by atoms with Gasteiger partial charge in [0.15, 0.2) is 0 Å². The predicted molar refractivity (Wildman–Crippen MR) is 63.7 cm³/mol. The van der Waals surface area contributed by atoms with Crippen LogP contribution in [-0.2, 0) is 25.6 Å². The van der Waals surface area contributed by atoms with Gasteiger partial charge in [0, 0.05) is 37.7 Å². The molecule has 4 heterocycles. The van der Waals surface area contributed by atoms with Crippen molar-refractivity contribution in [2.24, 2.45) is 0 Å². The Morgan fingerprint density at radius 3 is 2.94 bits per heavy atom. The van der Waals surface area contributed by atoms with E-state index in [4.69, 9.17) is 0 Å². The monoisotopic (exact) mass is 416 g/mol. The van der Waals surface area contributed by atoms with Gasteiger partial charge in [-0.3, -0.25) is 4.98 Å². The maximum Gasteiger partial charge on any atom is 0.123 e. The largest absolute Gasteiger partial charge is 0.393 e. The maximum absolute atomic E-state index is 4.67. The normalized spacial score (nSPS) is 15.2. The molecule has 1 radical (unpaired) electrons. The van der Waals surface area contributed by atoms with Crippen LogP contribution in [0.3, 0.4) is 0 Å². The number of hydrogen-bond donors (Lipinski definition) is 0. The molecule has 0 aliphatic carbocycles. The smallest absolute Gasteiger partial charge is 0.123 e. The number of hydrogen-bond acceptors (Lipinski definition) is 2. The van der Waals surface area contributed by atoms with Gasteiger partial charge in [0.1, 0.15) is 5.65 Å². The first-order chi connectivity index (χ1) is 8.19. The van der Waals surface area contributed by atoms with Gasteiger partial charge in [-0.05, 0) is 38.0 Å². The molecule has 1 aliphatic rings. The van der Waals surface area contributed by atoms with Gasteiger partial charge in [-0.25, -0.2) is 0 Å². The van der Waals surface area contributed by atoms with Crippen LogP contribution in [0.1, 0.15) is 19.5 Å². The number of fused-ring (bicyclic) bond motifs is 5. The molecule has 0 atom stereocenters.